The molecule has 1 fully saturated rings. The summed E-state index contributed by atoms with van der Waals surface area (Å²) in [5, 5.41) is -0.975. The van der Waals surface area contributed by atoms with Gasteiger partial charge in [-0.1, -0.05) is 11.6 Å². The maximum atomic E-state index is 13.9. The third kappa shape index (κ3) is 4.31. The van der Waals surface area contributed by atoms with Crippen molar-refractivity contribution in [2.75, 3.05) is 20.3 Å². The second-order valence-electron chi connectivity index (χ2n) is 4.88. The first-order valence-corrected chi connectivity index (χ1v) is 8.69. The molecule has 0 radical (unpaired) electrons. The quantitative estimate of drug-likeness (QED) is 0.764. The van der Waals surface area contributed by atoms with Crippen LogP contribution in [0.1, 0.15) is 23.2 Å². The van der Waals surface area contributed by atoms with Gasteiger partial charge in [-0.15, -0.1) is 4.83 Å². The number of amides is 1. The molecule has 1 aliphatic heterocycles. The van der Waals surface area contributed by atoms with Crippen molar-refractivity contribution >= 4 is 27.5 Å². The van der Waals surface area contributed by atoms with Crippen molar-refractivity contribution in [1.82, 2.24) is 10.3 Å². The maximum Gasteiger partial charge on any atom is 0.269 e. The van der Waals surface area contributed by atoms with Crippen molar-refractivity contribution in [2.24, 2.45) is 0 Å². The number of rotatable bonds is 5. The summed E-state index contributed by atoms with van der Waals surface area (Å²) < 4.78 is 48.0. The van der Waals surface area contributed by atoms with Crippen LogP contribution in [0.3, 0.4) is 0 Å². The average Bonchev–Trinajstić information content (AvgIpc) is 2.56. The molecule has 0 aliphatic carbocycles. The second kappa shape index (κ2) is 7.43. The molecule has 10 heteroatoms. The van der Waals surface area contributed by atoms with Crippen LogP contribution in [0.5, 0.6) is 5.75 Å². The van der Waals surface area contributed by atoms with Gasteiger partial charge < -0.3 is 9.47 Å². The zero-order valence-electron chi connectivity index (χ0n) is 12.3. The van der Waals surface area contributed by atoms with Crippen molar-refractivity contribution in [3.8, 4) is 5.75 Å². The van der Waals surface area contributed by atoms with E-state index in [-0.39, 0.29) is 10.8 Å². The number of sulfonamides is 1. The first-order chi connectivity index (χ1) is 10.8. The van der Waals surface area contributed by atoms with E-state index in [0.29, 0.717) is 26.1 Å². The van der Waals surface area contributed by atoms with Crippen molar-refractivity contribution in [3.63, 3.8) is 0 Å². The average molecular weight is 367 g/mol. The lowest BCUT2D eigenvalue weighted by atomic mass is 10.2. The van der Waals surface area contributed by atoms with Gasteiger partial charge in [0.05, 0.1) is 22.9 Å². The van der Waals surface area contributed by atoms with E-state index in [4.69, 9.17) is 21.1 Å². The molecule has 2 rings (SSSR count). The van der Waals surface area contributed by atoms with E-state index in [1.807, 2.05) is 10.3 Å². The van der Waals surface area contributed by atoms with Crippen molar-refractivity contribution in [1.29, 1.82) is 0 Å². The molecule has 0 spiro atoms. The monoisotopic (exact) mass is 366 g/mol. The van der Waals surface area contributed by atoms with E-state index in [2.05, 4.69) is 0 Å². The number of benzene rings is 1. The highest BCUT2D eigenvalue weighted by Crippen LogP contribution is 2.25. The second-order valence-corrected chi connectivity index (χ2v) is 7.25. The van der Waals surface area contributed by atoms with Crippen molar-refractivity contribution < 1.29 is 27.1 Å². The van der Waals surface area contributed by atoms with Crippen LogP contribution in [-0.4, -0.2) is 39.9 Å². The molecule has 1 heterocycles. The Bertz CT molecular complexity index is 692. The number of halogens is 2. The number of carbonyl (C=O) groups is 1. The summed E-state index contributed by atoms with van der Waals surface area (Å²) in [4.78, 5) is 14.0. The Hall–Kier alpha value is -1.42. The van der Waals surface area contributed by atoms with Crippen LogP contribution < -0.4 is 15.0 Å². The van der Waals surface area contributed by atoms with Crippen LogP contribution in [0.2, 0.25) is 5.02 Å². The molecule has 1 amide bonds. The van der Waals surface area contributed by atoms with Gasteiger partial charge in [0.15, 0.2) is 5.82 Å². The van der Waals surface area contributed by atoms with Crippen LogP contribution >= 0.6 is 11.6 Å². The van der Waals surface area contributed by atoms with Gasteiger partial charge in [0.1, 0.15) is 5.75 Å². The molecule has 7 nitrogen and oxygen atoms in total. The standard InChI is InChI=1S/C13H16ClFN2O5S/c1-21-8-6-10(12(15)11(14)7-8)13(18)16-17-23(19,20)9-2-4-22-5-3-9/h6-7,9,17H,2-5H2,1H3,(H,16,18). The van der Waals surface area contributed by atoms with Gasteiger partial charge >= 0.3 is 0 Å². The Morgan fingerprint density at radius 2 is 2.04 bits per heavy atom. The van der Waals surface area contributed by atoms with Gasteiger partial charge in [0, 0.05) is 19.3 Å². The highest BCUT2D eigenvalue weighted by Gasteiger charge is 2.28. The molecule has 0 aromatic heterocycles. The van der Waals surface area contributed by atoms with Gasteiger partial charge in [0.2, 0.25) is 10.0 Å². The number of hydrogen-bond acceptors (Lipinski definition) is 5. The fraction of sp³-hybridized carbons (Fsp3) is 0.462. The van der Waals surface area contributed by atoms with Crippen molar-refractivity contribution in [3.05, 3.63) is 28.5 Å². The molecule has 1 saturated heterocycles. The lowest BCUT2D eigenvalue weighted by molar-refractivity contribution is 0.0934. The van der Waals surface area contributed by atoms with Crippen LogP contribution in [0.15, 0.2) is 12.1 Å². The molecule has 0 atom stereocenters. The molecule has 0 saturated carbocycles. The number of hydrogen-bond donors (Lipinski definition) is 2. The zero-order valence-corrected chi connectivity index (χ0v) is 13.8. The molecule has 128 valence electrons. The molecule has 1 aromatic rings. The number of nitrogens with one attached hydrogen (secondary N) is 2. The topological polar surface area (TPSA) is 93.7 Å². The Kier molecular flexibility index (Phi) is 5.79. The predicted octanol–water partition coefficient (Wildman–Crippen LogP) is 1.23. The minimum absolute atomic E-state index is 0.175. The van der Waals surface area contributed by atoms with Crippen LogP contribution in [-0.2, 0) is 14.8 Å². The van der Waals surface area contributed by atoms with Gasteiger partial charge in [-0.3, -0.25) is 10.2 Å². The highest BCUT2D eigenvalue weighted by molar-refractivity contribution is 7.90. The maximum absolute atomic E-state index is 13.9. The van der Waals surface area contributed by atoms with Crippen LogP contribution in [0, 0.1) is 5.82 Å². The van der Waals surface area contributed by atoms with E-state index in [9.17, 15) is 17.6 Å². The number of hydrazine groups is 1. The van der Waals surface area contributed by atoms with Gasteiger partial charge in [-0.2, -0.15) is 0 Å². The van der Waals surface area contributed by atoms with Crippen LogP contribution in [0.4, 0.5) is 4.39 Å². The number of carbonyl (C=O) groups excluding carboxylic acids is 1. The smallest absolute Gasteiger partial charge is 0.269 e. The Balaban J connectivity index is 2.09. The first kappa shape index (κ1) is 17.9. The highest BCUT2D eigenvalue weighted by atomic mass is 35.5. The summed E-state index contributed by atoms with van der Waals surface area (Å²) in [7, 11) is -2.44. The van der Waals surface area contributed by atoms with Gasteiger partial charge in [-0.05, 0) is 18.9 Å². The Morgan fingerprint density at radius 1 is 1.39 bits per heavy atom. The summed E-state index contributed by atoms with van der Waals surface area (Å²) in [6.07, 6.45) is 0.648. The van der Waals surface area contributed by atoms with E-state index in [0.717, 1.165) is 6.07 Å². The lowest BCUT2D eigenvalue weighted by Crippen LogP contribution is -2.47. The summed E-state index contributed by atoms with van der Waals surface area (Å²) >= 11 is 5.67. The molecule has 23 heavy (non-hydrogen) atoms. The Labute approximate surface area is 138 Å². The minimum atomic E-state index is -3.77. The third-order valence-corrected chi connectivity index (χ3v) is 5.41. The number of methoxy groups -OCH3 is 1. The molecule has 2 N–H and O–H groups in total. The normalized spacial score (nSPS) is 16.1. The summed E-state index contributed by atoms with van der Waals surface area (Å²) in [6.45, 7) is 0.666. The largest absolute Gasteiger partial charge is 0.497 e. The molecular formula is C13H16ClFN2O5S. The predicted molar refractivity (Wildman–Crippen MR) is 81.3 cm³/mol. The molecule has 1 aliphatic rings. The minimum Gasteiger partial charge on any atom is -0.497 e. The fourth-order valence-electron chi connectivity index (χ4n) is 2.10. The molecule has 0 bridgehead atoms. The van der Waals surface area contributed by atoms with Gasteiger partial charge in [0.25, 0.3) is 5.91 Å². The van der Waals surface area contributed by atoms with E-state index < -0.39 is 32.6 Å². The molecular weight excluding hydrogens is 351 g/mol. The van der Waals surface area contributed by atoms with Crippen molar-refractivity contribution in [2.45, 2.75) is 18.1 Å². The van der Waals surface area contributed by atoms with E-state index in [1.54, 1.807) is 0 Å². The summed E-state index contributed by atoms with van der Waals surface area (Å²) in [6, 6.07) is 2.33. The molecule has 0 unspecified atom stereocenters. The van der Waals surface area contributed by atoms with Gasteiger partial charge in [-0.25, -0.2) is 12.8 Å². The van der Waals surface area contributed by atoms with Crippen LogP contribution in [0.25, 0.3) is 0 Å². The summed E-state index contributed by atoms with van der Waals surface area (Å²) in [5.74, 6) is -1.76. The molecule has 1 aromatic carbocycles. The SMILES string of the molecule is COc1cc(Cl)c(F)c(C(=O)NNS(=O)(=O)C2CCOCC2)c1. The zero-order chi connectivity index (χ0) is 17.0. The van der Waals surface area contributed by atoms with E-state index in [1.165, 1.54) is 13.2 Å². The first-order valence-electron chi connectivity index (χ1n) is 6.77. The number of ether oxygens (including phenoxy) is 2. The fourth-order valence-corrected chi connectivity index (χ4v) is 3.53. The lowest BCUT2D eigenvalue weighted by Gasteiger charge is -2.22. The third-order valence-electron chi connectivity index (χ3n) is 3.40. The summed E-state index contributed by atoms with van der Waals surface area (Å²) in [5.41, 5.74) is 1.56. The Morgan fingerprint density at radius 3 is 2.65 bits per heavy atom. The van der Waals surface area contributed by atoms with E-state index >= 15 is 0 Å².